The van der Waals surface area contributed by atoms with Crippen LogP contribution in [0.15, 0.2) is 46.5 Å². The van der Waals surface area contributed by atoms with Crippen molar-refractivity contribution in [2.45, 2.75) is 55.6 Å². The number of ether oxygens (including phenoxy) is 3. The molecule has 0 aliphatic carbocycles. The van der Waals surface area contributed by atoms with Gasteiger partial charge in [-0.1, -0.05) is 24.4 Å². The summed E-state index contributed by atoms with van der Waals surface area (Å²) >= 11 is 9.56. The van der Waals surface area contributed by atoms with Crippen LogP contribution in [0.25, 0.3) is 22.3 Å². The molecule has 10 atom stereocenters. The number of nitrogens with one attached hydrogen (secondary N) is 4. The number of thiol groups is 1. The van der Waals surface area contributed by atoms with Crippen molar-refractivity contribution in [3.8, 4) is 0 Å². The quantitative estimate of drug-likeness (QED) is 0.0799. The average Bonchev–Trinajstić information content (AvgIpc) is 3.93. The lowest BCUT2D eigenvalue weighted by Crippen LogP contribution is -2.48. The van der Waals surface area contributed by atoms with Crippen molar-refractivity contribution >= 4 is 83.6 Å². The summed E-state index contributed by atoms with van der Waals surface area (Å²) in [5.74, 6) is -0.494. The van der Waals surface area contributed by atoms with E-state index >= 15 is 0 Å². The number of aromatic nitrogens is 8. The van der Waals surface area contributed by atoms with E-state index in [9.17, 15) is 28.9 Å². The Kier molecular flexibility index (Phi) is 10.8. The lowest BCUT2D eigenvalue weighted by atomic mass is 10.1. The topological polar surface area (TPSA) is 342 Å². The summed E-state index contributed by atoms with van der Waals surface area (Å²) in [5.41, 5.74) is 11.4. The molecular weight excluding hydrogens is 850 g/mol. The fourth-order valence-corrected chi connectivity index (χ4v) is 9.61. The van der Waals surface area contributed by atoms with Gasteiger partial charge >= 0.3 is 19.6 Å². The summed E-state index contributed by atoms with van der Waals surface area (Å²) in [6.45, 7) is -10.3. The summed E-state index contributed by atoms with van der Waals surface area (Å²) < 4.78 is 57.3. The number of hydrogen-bond donors (Lipinski definition) is 9. The molecule has 7 heterocycles. The first-order valence-electron chi connectivity index (χ1n) is 17.0. The van der Waals surface area contributed by atoms with Gasteiger partial charge in [0, 0.05) is 12.7 Å². The third kappa shape index (κ3) is 7.95. The fraction of sp³-hybridized carbons (Fsp3) is 0.414. The number of H-pyrrole nitrogens is 2. The summed E-state index contributed by atoms with van der Waals surface area (Å²) in [7, 11) is 1.76. The van der Waals surface area contributed by atoms with Crippen LogP contribution in [0.2, 0.25) is 0 Å². The second-order valence-electron chi connectivity index (χ2n) is 13.0. The van der Waals surface area contributed by atoms with Gasteiger partial charge in [0.2, 0.25) is 11.9 Å². The molecule has 0 radical (unpaired) electrons. The van der Waals surface area contributed by atoms with Gasteiger partial charge in [-0.15, -0.1) is 0 Å². The number of nitrogen functional groups attached to an aromatic ring is 2. The Balaban J connectivity index is 1.10. The number of nitrogens with two attached hydrogens (primary N) is 2. The van der Waals surface area contributed by atoms with Crippen molar-refractivity contribution in [2.75, 3.05) is 37.0 Å². The molecule has 1 amide bonds. The molecule has 4 aromatic heterocycles. The van der Waals surface area contributed by atoms with Crippen molar-refractivity contribution in [3.05, 3.63) is 63.2 Å². The first-order valence-corrected chi connectivity index (χ1v) is 22.3. The minimum Gasteiger partial charge on any atom is -0.445 e. The molecule has 10 N–H and O–H groups in total. The van der Waals surface area contributed by atoms with E-state index in [1.165, 1.54) is 21.8 Å². The van der Waals surface area contributed by atoms with Crippen molar-refractivity contribution in [1.82, 2.24) is 44.4 Å². The number of imidazole rings is 2. The van der Waals surface area contributed by atoms with Gasteiger partial charge in [-0.3, -0.25) is 37.7 Å². The van der Waals surface area contributed by atoms with Gasteiger partial charge in [0.05, 0.1) is 25.9 Å². The van der Waals surface area contributed by atoms with Crippen molar-refractivity contribution in [1.29, 1.82) is 0 Å². The average molecular weight is 885 g/mol. The maximum Gasteiger partial charge on any atom is 0.407 e. The van der Waals surface area contributed by atoms with Crippen LogP contribution < -0.4 is 33.2 Å². The molecule has 0 spiro atoms. The van der Waals surface area contributed by atoms with Gasteiger partial charge in [-0.2, -0.15) is 9.97 Å². The second kappa shape index (κ2) is 15.6. The predicted molar refractivity (Wildman–Crippen MR) is 207 cm³/mol. The zero-order chi connectivity index (χ0) is 41.1. The number of hydrogen-bond acceptors (Lipinski definition) is 20. The van der Waals surface area contributed by atoms with Crippen LogP contribution in [0, 0.1) is 0 Å². The molecule has 310 valence electrons. The van der Waals surface area contributed by atoms with Crippen LogP contribution in [-0.2, 0) is 55.3 Å². The zero-order valence-electron chi connectivity index (χ0n) is 29.7. The summed E-state index contributed by atoms with van der Waals surface area (Å²) in [4.78, 5) is 71.1. The molecule has 3 saturated heterocycles. The number of benzene rings is 1. The van der Waals surface area contributed by atoms with Crippen LogP contribution in [0.3, 0.4) is 0 Å². The molecule has 0 bridgehead atoms. The van der Waals surface area contributed by atoms with Crippen molar-refractivity contribution < 1.29 is 51.7 Å². The Morgan fingerprint density at radius 2 is 1.53 bits per heavy atom. The van der Waals surface area contributed by atoms with Gasteiger partial charge in [-0.05, 0) is 29.5 Å². The highest BCUT2D eigenvalue weighted by Gasteiger charge is 2.54. The molecule has 10 unspecified atom stereocenters. The monoisotopic (exact) mass is 884 g/mol. The molecule has 0 saturated carbocycles. The first-order chi connectivity index (χ1) is 27.6. The SMILES string of the molecule is CNc1ccc(COC(=O)NC2C3OP(O)(=S)OCC4OC(n5cnc6c(=O)[nH]c(N)nc65)C(O)C4OP(=O)(S)OCC3OC2n2cnc3c(=O)[nH]c(N)nc32)cc1. The molecular formula is C29H34N12O13P2S2. The predicted octanol–water partition coefficient (Wildman–Crippen LogP) is -0.0185. The third-order valence-electron chi connectivity index (χ3n) is 9.31. The van der Waals surface area contributed by atoms with E-state index in [2.05, 4.69) is 52.8 Å². The maximum absolute atomic E-state index is 13.8. The molecule has 5 aromatic rings. The number of aliphatic hydroxyl groups is 1. The minimum absolute atomic E-state index is 0.0547. The number of amides is 1. The third-order valence-corrected chi connectivity index (χ3v) is 12.5. The maximum atomic E-state index is 13.8. The number of nitrogens with zero attached hydrogens (tertiary/aromatic N) is 6. The molecule has 1 aromatic carbocycles. The Hall–Kier alpha value is -4.50. The van der Waals surface area contributed by atoms with E-state index in [0.29, 0.717) is 5.56 Å². The van der Waals surface area contributed by atoms with E-state index < -0.39 is 93.0 Å². The Labute approximate surface area is 334 Å². The molecule has 29 heteroatoms. The molecule has 8 rings (SSSR count). The van der Waals surface area contributed by atoms with E-state index in [1.54, 1.807) is 31.3 Å². The number of carbonyl (C=O) groups excluding carboxylic acids is 1. The number of rotatable bonds is 6. The fourth-order valence-electron chi connectivity index (χ4n) is 6.66. The van der Waals surface area contributed by atoms with Crippen LogP contribution in [0.1, 0.15) is 18.0 Å². The van der Waals surface area contributed by atoms with E-state index in [0.717, 1.165) is 5.69 Å². The van der Waals surface area contributed by atoms with Crippen LogP contribution in [-0.4, -0.2) is 112 Å². The first kappa shape index (κ1) is 40.3. The summed E-state index contributed by atoms with van der Waals surface area (Å²) in [6, 6.07) is 5.74. The lowest BCUT2D eigenvalue weighted by Gasteiger charge is -2.30. The normalized spacial score (nSPS) is 31.6. The van der Waals surface area contributed by atoms with Crippen molar-refractivity contribution in [3.63, 3.8) is 0 Å². The van der Waals surface area contributed by atoms with Crippen LogP contribution >= 0.6 is 25.8 Å². The van der Waals surface area contributed by atoms with E-state index in [-0.39, 0.29) is 40.8 Å². The molecule has 3 aliphatic heterocycles. The summed E-state index contributed by atoms with van der Waals surface area (Å²) in [5, 5.41) is 17.1. The van der Waals surface area contributed by atoms with Gasteiger partial charge in [-0.25, -0.2) is 19.3 Å². The standard InChI is InChI=1S/C29H34N12O13P2S2/c1-32-12-4-2-11(3-5-12)6-48-29(45)35-15-19-13(51-25(15)40-9-33-16-21(40)36-27(30)38-23(16)43)7-49-56(47,58)54-20-14(8-50-55(46,57)53-19)52-26(18(20)42)41-10-34-17-22(41)37-28(31)39-24(17)44/h2-5,9-10,13-15,18-20,25-26,32,42H,6-8H2,1H3,(H,35,45)(H,46,57)(H,47,58)(H3,30,36,38,43)(H3,31,37,39,44). The van der Waals surface area contributed by atoms with Crippen LogP contribution in [0.4, 0.5) is 22.4 Å². The Morgan fingerprint density at radius 3 is 2.16 bits per heavy atom. The number of carbonyl (C=O) groups is 1. The van der Waals surface area contributed by atoms with Crippen LogP contribution in [0.5, 0.6) is 0 Å². The highest BCUT2D eigenvalue weighted by atomic mass is 32.7. The van der Waals surface area contributed by atoms with Gasteiger partial charge < -0.3 is 55.4 Å². The van der Waals surface area contributed by atoms with E-state index in [4.69, 9.17) is 55.6 Å². The number of fused-ring (bicyclic) bond motifs is 4. The van der Waals surface area contributed by atoms with Gasteiger partial charge in [0.15, 0.2) is 34.8 Å². The minimum atomic E-state index is -4.47. The Morgan fingerprint density at radius 1 is 0.966 bits per heavy atom. The lowest BCUT2D eigenvalue weighted by molar-refractivity contribution is -0.0573. The largest absolute Gasteiger partial charge is 0.445 e. The number of aliphatic hydroxyl groups excluding tert-OH is 1. The highest BCUT2D eigenvalue weighted by molar-refractivity contribution is 8.44. The zero-order valence-corrected chi connectivity index (χ0v) is 33.2. The smallest absolute Gasteiger partial charge is 0.407 e. The molecule has 3 aliphatic rings. The molecule has 25 nitrogen and oxygen atoms in total. The molecule has 3 fully saturated rings. The number of alkyl carbamates (subject to hydrolysis) is 1. The van der Waals surface area contributed by atoms with Crippen molar-refractivity contribution in [2.24, 2.45) is 0 Å². The summed E-state index contributed by atoms with van der Waals surface area (Å²) in [6.07, 6.45) is -8.63. The van der Waals surface area contributed by atoms with Gasteiger partial charge in [0.1, 0.15) is 43.2 Å². The van der Waals surface area contributed by atoms with Gasteiger partial charge in [0.25, 0.3) is 11.1 Å². The van der Waals surface area contributed by atoms with E-state index in [1.807, 2.05) is 0 Å². The molecule has 58 heavy (non-hydrogen) atoms. The number of anilines is 3. The number of aromatic amines is 2. The second-order valence-corrected chi connectivity index (χ2v) is 18.7. The Bertz CT molecular complexity index is 2590. The highest BCUT2D eigenvalue weighted by Crippen LogP contribution is 2.58.